The van der Waals surface area contributed by atoms with E-state index in [1.807, 2.05) is 0 Å². The van der Waals surface area contributed by atoms with Gasteiger partial charge in [0, 0.05) is 19.3 Å². The Bertz CT molecular complexity index is 823. The molecule has 0 heterocycles. The first-order valence-corrected chi connectivity index (χ1v) is 8.32. The van der Waals surface area contributed by atoms with E-state index in [2.05, 4.69) is 15.4 Å². The fourth-order valence-corrected chi connectivity index (χ4v) is 2.54. The van der Waals surface area contributed by atoms with E-state index in [-0.39, 0.29) is 24.3 Å². The number of benzene rings is 2. The number of alkyl halides is 3. The molecule has 6 nitrogen and oxygen atoms in total. The van der Waals surface area contributed by atoms with Crippen LogP contribution in [-0.4, -0.2) is 43.4 Å². The standard InChI is InChI=1S/C19H19F3N2O4/c1-23-17-7-4-13(10-16(17)18(27)24-14(11-26)8-9-25)12-2-5-15(6-3-12)28-19(20,21)22/h2-7,10-11,14,23,25H,8-9H2,1H3,(H,24,27). The molecular weight excluding hydrogens is 377 g/mol. The van der Waals surface area contributed by atoms with Crippen LogP contribution in [0.25, 0.3) is 11.1 Å². The van der Waals surface area contributed by atoms with E-state index >= 15 is 0 Å². The van der Waals surface area contributed by atoms with Crippen molar-refractivity contribution in [3.63, 3.8) is 0 Å². The summed E-state index contributed by atoms with van der Waals surface area (Å²) in [5.41, 5.74) is 1.92. The monoisotopic (exact) mass is 396 g/mol. The zero-order chi connectivity index (χ0) is 20.7. The lowest BCUT2D eigenvalue weighted by Crippen LogP contribution is -2.37. The minimum atomic E-state index is -4.77. The summed E-state index contributed by atoms with van der Waals surface area (Å²) in [6, 6.07) is 9.32. The molecule has 3 N–H and O–H groups in total. The molecule has 0 bridgehead atoms. The van der Waals surface area contributed by atoms with Gasteiger partial charge in [-0.2, -0.15) is 0 Å². The Morgan fingerprint density at radius 3 is 2.36 bits per heavy atom. The number of nitrogens with one attached hydrogen (secondary N) is 2. The van der Waals surface area contributed by atoms with Crippen LogP contribution in [0.3, 0.4) is 0 Å². The predicted octanol–water partition coefficient (Wildman–Crippen LogP) is 2.97. The van der Waals surface area contributed by atoms with Crippen molar-refractivity contribution in [2.45, 2.75) is 18.8 Å². The molecule has 0 saturated heterocycles. The smallest absolute Gasteiger partial charge is 0.406 e. The van der Waals surface area contributed by atoms with Crippen LogP contribution in [0.1, 0.15) is 16.8 Å². The summed E-state index contributed by atoms with van der Waals surface area (Å²) in [7, 11) is 1.62. The molecule has 2 aromatic rings. The van der Waals surface area contributed by atoms with Crippen LogP contribution in [-0.2, 0) is 4.79 Å². The van der Waals surface area contributed by atoms with Gasteiger partial charge in [-0.3, -0.25) is 4.79 Å². The summed E-state index contributed by atoms with van der Waals surface area (Å²) in [6.07, 6.45) is -4.15. The van der Waals surface area contributed by atoms with Crippen LogP contribution >= 0.6 is 0 Å². The fourth-order valence-electron chi connectivity index (χ4n) is 2.54. The van der Waals surface area contributed by atoms with Crippen molar-refractivity contribution in [3.8, 4) is 16.9 Å². The summed E-state index contributed by atoms with van der Waals surface area (Å²) in [5, 5.41) is 14.3. The van der Waals surface area contributed by atoms with Crippen LogP contribution in [0, 0.1) is 0 Å². The summed E-state index contributed by atoms with van der Waals surface area (Å²) in [4.78, 5) is 23.5. The third kappa shape index (κ3) is 5.71. The van der Waals surface area contributed by atoms with Crippen LogP contribution in [0.15, 0.2) is 42.5 Å². The second-order valence-electron chi connectivity index (χ2n) is 5.81. The van der Waals surface area contributed by atoms with Crippen LogP contribution in [0.2, 0.25) is 0 Å². The van der Waals surface area contributed by atoms with Gasteiger partial charge >= 0.3 is 6.36 Å². The molecule has 0 spiro atoms. The van der Waals surface area contributed by atoms with Gasteiger partial charge in [0.1, 0.15) is 12.0 Å². The van der Waals surface area contributed by atoms with Gasteiger partial charge in [0.05, 0.1) is 11.6 Å². The molecule has 1 atom stereocenters. The Hall–Kier alpha value is -3.07. The second kappa shape index (κ2) is 9.23. The molecular formula is C19H19F3N2O4. The minimum absolute atomic E-state index is 0.0878. The molecule has 1 unspecified atom stereocenters. The van der Waals surface area contributed by atoms with Crippen molar-refractivity contribution < 1.29 is 32.6 Å². The maximum absolute atomic E-state index is 12.5. The maximum atomic E-state index is 12.5. The lowest BCUT2D eigenvalue weighted by atomic mass is 10.0. The predicted molar refractivity (Wildman–Crippen MR) is 97.1 cm³/mol. The molecule has 2 rings (SSSR count). The first kappa shape index (κ1) is 21.2. The summed E-state index contributed by atoms with van der Waals surface area (Å²) in [6.45, 7) is -0.255. The minimum Gasteiger partial charge on any atom is -0.406 e. The largest absolute Gasteiger partial charge is 0.573 e. The van der Waals surface area contributed by atoms with Gasteiger partial charge in [-0.15, -0.1) is 13.2 Å². The number of aldehydes is 1. The highest BCUT2D eigenvalue weighted by Gasteiger charge is 2.31. The highest BCUT2D eigenvalue weighted by molar-refractivity contribution is 6.01. The third-order valence-electron chi connectivity index (χ3n) is 3.88. The van der Waals surface area contributed by atoms with E-state index in [0.29, 0.717) is 23.1 Å². The molecule has 28 heavy (non-hydrogen) atoms. The normalized spacial score (nSPS) is 12.2. The average Bonchev–Trinajstić information content (AvgIpc) is 2.66. The van der Waals surface area contributed by atoms with Gasteiger partial charge in [0.15, 0.2) is 0 Å². The van der Waals surface area contributed by atoms with Crippen molar-refractivity contribution >= 4 is 17.9 Å². The average molecular weight is 396 g/mol. The van der Waals surface area contributed by atoms with Crippen molar-refractivity contribution in [2.75, 3.05) is 19.0 Å². The SMILES string of the molecule is CNc1ccc(-c2ccc(OC(F)(F)F)cc2)cc1C(=O)NC(C=O)CCO. The number of aliphatic hydroxyl groups excluding tert-OH is 1. The molecule has 9 heteroatoms. The van der Waals surface area contributed by atoms with Gasteiger partial charge in [0.25, 0.3) is 5.91 Å². The van der Waals surface area contributed by atoms with E-state index in [0.717, 1.165) is 0 Å². The molecule has 0 fully saturated rings. The maximum Gasteiger partial charge on any atom is 0.573 e. The van der Waals surface area contributed by atoms with E-state index in [1.165, 1.54) is 24.3 Å². The Labute approximate surface area is 159 Å². The summed E-state index contributed by atoms with van der Waals surface area (Å²) < 4.78 is 40.6. The van der Waals surface area contributed by atoms with Crippen LogP contribution in [0.5, 0.6) is 5.75 Å². The first-order valence-electron chi connectivity index (χ1n) is 8.32. The number of amides is 1. The van der Waals surface area contributed by atoms with E-state index in [4.69, 9.17) is 5.11 Å². The van der Waals surface area contributed by atoms with Gasteiger partial charge in [-0.1, -0.05) is 18.2 Å². The van der Waals surface area contributed by atoms with E-state index in [9.17, 15) is 22.8 Å². The van der Waals surface area contributed by atoms with Crippen molar-refractivity contribution in [1.29, 1.82) is 0 Å². The molecule has 2 aromatic carbocycles. The first-order chi connectivity index (χ1) is 13.3. The van der Waals surface area contributed by atoms with Gasteiger partial charge < -0.3 is 25.3 Å². The Kier molecular flexibility index (Phi) is 7.00. The van der Waals surface area contributed by atoms with Gasteiger partial charge in [0.2, 0.25) is 0 Å². The molecule has 0 aromatic heterocycles. The Morgan fingerprint density at radius 2 is 1.82 bits per heavy atom. The van der Waals surface area contributed by atoms with Crippen molar-refractivity contribution in [1.82, 2.24) is 5.32 Å². The summed E-state index contributed by atoms with van der Waals surface area (Å²) in [5.74, 6) is -0.868. The van der Waals surface area contributed by atoms with Crippen LogP contribution < -0.4 is 15.4 Å². The highest BCUT2D eigenvalue weighted by atomic mass is 19.4. The highest BCUT2D eigenvalue weighted by Crippen LogP contribution is 2.29. The lowest BCUT2D eigenvalue weighted by molar-refractivity contribution is -0.274. The molecule has 150 valence electrons. The van der Waals surface area contributed by atoms with Crippen molar-refractivity contribution in [2.24, 2.45) is 0 Å². The molecule has 0 aliphatic heterocycles. The fraction of sp³-hybridized carbons (Fsp3) is 0.263. The topological polar surface area (TPSA) is 87.7 Å². The Balaban J connectivity index is 2.28. The number of aliphatic hydroxyl groups is 1. The number of carbonyl (C=O) groups excluding carboxylic acids is 2. The summed E-state index contributed by atoms with van der Waals surface area (Å²) >= 11 is 0. The number of rotatable bonds is 8. The number of carbonyl (C=O) groups is 2. The number of anilines is 1. The van der Waals surface area contributed by atoms with Gasteiger partial charge in [-0.25, -0.2) is 0 Å². The van der Waals surface area contributed by atoms with Crippen LogP contribution in [0.4, 0.5) is 18.9 Å². The zero-order valence-electron chi connectivity index (χ0n) is 14.9. The molecule has 0 saturated carbocycles. The zero-order valence-corrected chi connectivity index (χ0v) is 14.9. The van der Waals surface area contributed by atoms with E-state index < -0.39 is 18.3 Å². The van der Waals surface area contributed by atoms with Crippen molar-refractivity contribution in [3.05, 3.63) is 48.0 Å². The molecule has 0 aliphatic rings. The number of hydrogen-bond donors (Lipinski definition) is 3. The molecule has 0 aliphatic carbocycles. The number of halogens is 3. The Morgan fingerprint density at radius 1 is 1.18 bits per heavy atom. The molecule has 0 radical (unpaired) electrons. The third-order valence-corrected chi connectivity index (χ3v) is 3.88. The number of hydrogen-bond acceptors (Lipinski definition) is 5. The second-order valence-corrected chi connectivity index (χ2v) is 5.81. The van der Waals surface area contributed by atoms with E-state index in [1.54, 1.807) is 25.2 Å². The molecule has 1 amide bonds. The quantitative estimate of drug-likeness (QED) is 0.597. The lowest BCUT2D eigenvalue weighted by Gasteiger charge is -2.15. The van der Waals surface area contributed by atoms with Gasteiger partial charge in [-0.05, 0) is 41.8 Å². The number of ether oxygens (including phenoxy) is 1.